The van der Waals surface area contributed by atoms with Gasteiger partial charge in [-0.05, 0) is 59.9 Å². The van der Waals surface area contributed by atoms with E-state index in [1.807, 2.05) is 66.7 Å². The van der Waals surface area contributed by atoms with Crippen molar-refractivity contribution in [2.45, 2.75) is 46.1 Å². The van der Waals surface area contributed by atoms with Crippen LogP contribution >= 0.6 is 0 Å². The molecule has 2 heterocycles. The van der Waals surface area contributed by atoms with Crippen molar-refractivity contribution >= 4 is 43.9 Å². The molecule has 5 heteroatoms. The van der Waals surface area contributed by atoms with Crippen LogP contribution < -0.4 is 9.47 Å². The summed E-state index contributed by atoms with van der Waals surface area (Å²) in [4.78, 5) is 0. The van der Waals surface area contributed by atoms with E-state index in [1.54, 1.807) is 28.1 Å². The van der Waals surface area contributed by atoms with Crippen LogP contribution in [0, 0.1) is 0 Å². The molecular formula is C45H42O5. The predicted octanol–water partition coefficient (Wildman–Crippen LogP) is 12.0. The van der Waals surface area contributed by atoms with Crippen molar-refractivity contribution in [1.82, 2.24) is 0 Å². The Morgan fingerprint density at radius 3 is 1.84 bits per heavy atom. The predicted molar refractivity (Wildman–Crippen MR) is 206 cm³/mol. The third-order valence-electron chi connectivity index (χ3n) is 9.92. The first kappa shape index (κ1) is 33.0. The summed E-state index contributed by atoms with van der Waals surface area (Å²) in [7, 11) is 3.39. The Morgan fingerprint density at radius 1 is 0.580 bits per heavy atom. The number of aliphatic hydroxyl groups is 1. The van der Waals surface area contributed by atoms with Gasteiger partial charge in [0.1, 0.15) is 33.8 Å². The Hall–Kier alpha value is -5.52. The Morgan fingerprint density at radius 2 is 1.14 bits per heavy atom. The Bertz CT molecular complexity index is 2540. The first-order valence-electron chi connectivity index (χ1n) is 16.6. The van der Waals surface area contributed by atoms with E-state index in [9.17, 15) is 5.11 Å². The van der Waals surface area contributed by atoms with Gasteiger partial charge < -0.3 is 23.4 Å². The van der Waals surface area contributed by atoms with Crippen LogP contribution in [0.25, 0.3) is 66.1 Å². The highest BCUT2D eigenvalue weighted by Gasteiger charge is 2.40. The van der Waals surface area contributed by atoms with Crippen molar-refractivity contribution in [3.8, 4) is 33.8 Å². The van der Waals surface area contributed by atoms with Gasteiger partial charge in [0, 0.05) is 50.2 Å². The van der Waals surface area contributed by atoms with Gasteiger partial charge in [-0.25, -0.2) is 0 Å². The van der Waals surface area contributed by atoms with Crippen LogP contribution in [0.2, 0.25) is 0 Å². The second-order valence-electron chi connectivity index (χ2n) is 13.7. The second-order valence-corrected chi connectivity index (χ2v) is 13.7. The molecule has 0 atom stereocenters. The number of benzene rings is 6. The second kappa shape index (κ2) is 12.1. The summed E-state index contributed by atoms with van der Waals surface area (Å²) < 4.78 is 23.5. The zero-order valence-corrected chi connectivity index (χ0v) is 28.5. The van der Waals surface area contributed by atoms with Crippen LogP contribution in [0.15, 0.2) is 124 Å². The molecule has 6 aromatic carbocycles. The molecule has 0 fully saturated rings. The summed E-state index contributed by atoms with van der Waals surface area (Å²) in [5.41, 5.74) is 10.3. The minimum absolute atomic E-state index is 0. The molecule has 0 spiro atoms. The molecule has 2 aromatic heterocycles. The number of para-hydroxylation sites is 2. The Balaban J connectivity index is 0.000000154. The molecule has 1 aliphatic carbocycles. The summed E-state index contributed by atoms with van der Waals surface area (Å²) in [6.45, 7) is 8.17. The molecule has 1 N–H and O–H groups in total. The molecule has 50 heavy (non-hydrogen) atoms. The van der Waals surface area contributed by atoms with E-state index in [1.165, 1.54) is 33.0 Å². The van der Waals surface area contributed by atoms with Crippen molar-refractivity contribution in [2.75, 3.05) is 14.2 Å². The fraction of sp³-hybridized carbons (Fsp3) is 0.200. The highest BCUT2D eigenvalue weighted by Crippen LogP contribution is 2.56. The van der Waals surface area contributed by atoms with E-state index in [4.69, 9.17) is 18.3 Å². The largest absolute Gasteiger partial charge is 0.496 e. The van der Waals surface area contributed by atoms with E-state index < -0.39 is 5.60 Å². The standard InChI is InChI=1S/C22H20O3.C22H18O2.CH4/c1-22(2,23)18-10-6-4-8-14(18)16-12-17-15-9-5-7-11-19(15)25-21(17)13-20(16)24-3;1-22(2)15-10-6-4-8-13(15)19-17(23-3)12-18-20(21(19)22)14-9-5-7-11-16(14)24-18;/h4-13,23H,1-3H3;4-12H,1-3H3;1H4. The maximum atomic E-state index is 10.6. The molecular weight excluding hydrogens is 620 g/mol. The summed E-state index contributed by atoms with van der Waals surface area (Å²) in [6.07, 6.45) is 0. The number of methoxy groups -OCH3 is 2. The zero-order chi connectivity index (χ0) is 34.1. The monoisotopic (exact) mass is 662 g/mol. The van der Waals surface area contributed by atoms with Crippen molar-refractivity contribution < 1.29 is 23.4 Å². The van der Waals surface area contributed by atoms with Crippen LogP contribution in [0.1, 0.15) is 51.8 Å². The maximum absolute atomic E-state index is 10.6. The van der Waals surface area contributed by atoms with E-state index >= 15 is 0 Å². The molecule has 0 aliphatic heterocycles. The molecule has 5 nitrogen and oxygen atoms in total. The van der Waals surface area contributed by atoms with Gasteiger partial charge in [0.15, 0.2) is 0 Å². The molecule has 0 amide bonds. The van der Waals surface area contributed by atoms with Gasteiger partial charge in [0.05, 0.1) is 19.8 Å². The average Bonchev–Trinajstić information content (AvgIpc) is 3.74. The summed E-state index contributed by atoms with van der Waals surface area (Å²) in [5.74, 6) is 1.61. The van der Waals surface area contributed by atoms with Crippen LogP contribution in [0.5, 0.6) is 11.5 Å². The molecule has 0 radical (unpaired) electrons. The van der Waals surface area contributed by atoms with E-state index in [-0.39, 0.29) is 12.8 Å². The van der Waals surface area contributed by atoms with E-state index in [2.05, 4.69) is 62.4 Å². The van der Waals surface area contributed by atoms with Crippen molar-refractivity contribution in [2.24, 2.45) is 0 Å². The van der Waals surface area contributed by atoms with Gasteiger partial charge in [0.25, 0.3) is 0 Å². The quantitative estimate of drug-likeness (QED) is 0.203. The lowest BCUT2D eigenvalue weighted by Gasteiger charge is -2.22. The van der Waals surface area contributed by atoms with Crippen LogP contribution in [-0.4, -0.2) is 19.3 Å². The number of hydrogen-bond acceptors (Lipinski definition) is 5. The number of rotatable bonds is 4. The number of hydrogen-bond donors (Lipinski definition) is 1. The molecule has 0 saturated carbocycles. The van der Waals surface area contributed by atoms with Gasteiger partial charge in [0.2, 0.25) is 0 Å². The SMILES string of the molecule is C.COc1cc2oc3ccccc3c2c2c1-c1ccccc1C2(C)C.COc1cc2oc3ccccc3c2cc1-c1ccccc1C(C)(C)O. The minimum atomic E-state index is -0.949. The van der Waals surface area contributed by atoms with Gasteiger partial charge >= 0.3 is 0 Å². The smallest absolute Gasteiger partial charge is 0.139 e. The highest BCUT2D eigenvalue weighted by molar-refractivity contribution is 6.12. The normalized spacial score (nSPS) is 13.1. The minimum Gasteiger partial charge on any atom is -0.496 e. The van der Waals surface area contributed by atoms with Crippen molar-refractivity contribution in [3.63, 3.8) is 0 Å². The van der Waals surface area contributed by atoms with Gasteiger partial charge in [-0.1, -0.05) is 106 Å². The number of ether oxygens (including phenoxy) is 2. The number of furan rings is 2. The lowest BCUT2D eigenvalue weighted by molar-refractivity contribution is 0.0792. The summed E-state index contributed by atoms with van der Waals surface area (Å²) in [5, 5.41) is 15.1. The van der Waals surface area contributed by atoms with E-state index in [0.29, 0.717) is 0 Å². The molecule has 0 unspecified atom stereocenters. The molecule has 0 saturated heterocycles. The molecule has 1 aliphatic rings. The fourth-order valence-corrected chi connectivity index (χ4v) is 7.68. The van der Waals surface area contributed by atoms with Crippen LogP contribution in [0.3, 0.4) is 0 Å². The molecule has 252 valence electrons. The topological polar surface area (TPSA) is 65.0 Å². The third kappa shape index (κ3) is 5.04. The van der Waals surface area contributed by atoms with Crippen molar-refractivity contribution in [1.29, 1.82) is 0 Å². The van der Waals surface area contributed by atoms with Crippen LogP contribution in [-0.2, 0) is 11.0 Å². The summed E-state index contributed by atoms with van der Waals surface area (Å²) in [6, 6.07) is 38.8. The zero-order valence-electron chi connectivity index (χ0n) is 28.5. The first-order chi connectivity index (χ1) is 23.6. The molecule has 9 rings (SSSR count). The maximum Gasteiger partial charge on any atom is 0.139 e. The average molecular weight is 663 g/mol. The van der Waals surface area contributed by atoms with Crippen molar-refractivity contribution in [3.05, 3.63) is 132 Å². The van der Waals surface area contributed by atoms with Crippen LogP contribution in [0.4, 0.5) is 0 Å². The highest BCUT2D eigenvalue weighted by atomic mass is 16.5. The van der Waals surface area contributed by atoms with Gasteiger partial charge in [-0.2, -0.15) is 0 Å². The lowest BCUT2D eigenvalue weighted by Crippen LogP contribution is -2.16. The van der Waals surface area contributed by atoms with Gasteiger partial charge in [-0.15, -0.1) is 0 Å². The molecule has 8 aromatic rings. The van der Waals surface area contributed by atoms with E-state index in [0.717, 1.165) is 61.3 Å². The fourth-order valence-electron chi connectivity index (χ4n) is 7.68. The lowest BCUT2D eigenvalue weighted by atomic mass is 9.80. The van der Waals surface area contributed by atoms with Gasteiger partial charge in [-0.3, -0.25) is 0 Å². The Labute approximate surface area is 292 Å². The third-order valence-corrected chi connectivity index (χ3v) is 9.92. The number of fused-ring (bicyclic) bond motifs is 10. The first-order valence-corrected chi connectivity index (χ1v) is 16.6. The Kier molecular flexibility index (Phi) is 7.99. The summed E-state index contributed by atoms with van der Waals surface area (Å²) >= 11 is 0. The molecule has 0 bridgehead atoms.